The Hall–Kier alpha value is -1.58. The summed E-state index contributed by atoms with van der Waals surface area (Å²) in [6.07, 6.45) is 6.18. The largest absolute Gasteiger partial charge is 0.488 e. The van der Waals surface area contributed by atoms with E-state index in [1.165, 1.54) is 48.2 Å². The first-order chi connectivity index (χ1) is 11.8. The van der Waals surface area contributed by atoms with Crippen molar-refractivity contribution in [2.24, 2.45) is 0 Å². The molecule has 0 bridgehead atoms. The topological polar surface area (TPSA) is 12.5 Å². The third-order valence-electron chi connectivity index (χ3n) is 4.91. The van der Waals surface area contributed by atoms with Gasteiger partial charge in [-0.15, -0.1) is 0 Å². The van der Waals surface area contributed by atoms with Gasteiger partial charge in [0.25, 0.3) is 0 Å². The van der Waals surface area contributed by atoms with Crippen LogP contribution < -0.4 is 4.74 Å². The lowest BCUT2D eigenvalue weighted by atomic mass is 9.93. The third kappa shape index (κ3) is 3.28. The fourth-order valence-electron chi connectivity index (χ4n) is 3.67. The van der Waals surface area contributed by atoms with Gasteiger partial charge < -0.3 is 9.64 Å². The summed E-state index contributed by atoms with van der Waals surface area (Å²) in [5.41, 5.74) is 5.06. The Balaban J connectivity index is 1.71. The second-order valence-electron chi connectivity index (χ2n) is 6.54. The number of ether oxygens (including phenoxy) is 1. The average Bonchev–Trinajstić information content (AvgIpc) is 3.06. The number of likely N-dealkylation sites (tertiary alicyclic amines) is 1. The Bertz CT molecular complexity index is 762. The van der Waals surface area contributed by atoms with Crippen molar-refractivity contribution < 1.29 is 4.74 Å². The molecule has 0 spiro atoms. The van der Waals surface area contributed by atoms with Gasteiger partial charge in [0, 0.05) is 16.6 Å². The van der Waals surface area contributed by atoms with Gasteiger partial charge in [0.15, 0.2) is 0 Å². The number of benzene rings is 2. The maximum absolute atomic E-state index is 6.07. The first-order valence-electron chi connectivity index (χ1n) is 8.75. The standard InChI is InChI=1S/C21H22BrNO/c22-17-9-10-21-20(14-17)19(8-5-13-23-11-3-4-12-23)18-7-2-1-6-16(18)15-24-21/h1-2,6-10,14H,3-5,11-13,15H2/b19-8-. The molecule has 0 aliphatic carbocycles. The van der Waals surface area contributed by atoms with E-state index in [9.17, 15) is 0 Å². The van der Waals surface area contributed by atoms with E-state index in [1.54, 1.807) is 0 Å². The molecular weight excluding hydrogens is 362 g/mol. The average molecular weight is 384 g/mol. The minimum atomic E-state index is 0.633. The second kappa shape index (κ2) is 7.12. The van der Waals surface area contributed by atoms with Crippen molar-refractivity contribution in [2.75, 3.05) is 19.6 Å². The Labute approximate surface area is 152 Å². The molecule has 1 saturated heterocycles. The number of hydrogen-bond acceptors (Lipinski definition) is 2. The lowest BCUT2D eigenvalue weighted by Crippen LogP contribution is -2.19. The molecule has 3 heteroatoms. The van der Waals surface area contributed by atoms with Crippen LogP contribution >= 0.6 is 15.9 Å². The molecule has 0 atom stereocenters. The van der Waals surface area contributed by atoms with Crippen molar-refractivity contribution in [3.05, 3.63) is 69.7 Å². The molecule has 1 fully saturated rings. The van der Waals surface area contributed by atoms with Crippen LogP contribution in [0.1, 0.15) is 36.0 Å². The Morgan fingerprint density at radius 1 is 1.04 bits per heavy atom. The summed E-state index contributed by atoms with van der Waals surface area (Å²) in [5, 5.41) is 0. The van der Waals surface area contributed by atoms with Gasteiger partial charge in [0.1, 0.15) is 12.4 Å². The van der Waals surface area contributed by atoms with Crippen LogP contribution in [0.25, 0.3) is 5.57 Å². The molecular formula is C21H22BrNO. The number of halogens is 1. The van der Waals surface area contributed by atoms with Crippen molar-refractivity contribution >= 4 is 21.5 Å². The molecule has 0 saturated carbocycles. The molecule has 2 aliphatic rings. The first-order valence-corrected chi connectivity index (χ1v) is 9.54. The first kappa shape index (κ1) is 15.9. The summed E-state index contributed by atoms with van der Waals surface area (Å²) in [5.74, 6) is 0.974. The minimum Gasteiger partial charge on any atom is -0.488 e. The normalized spacial score (nSPS) is 18.8. The molecule has 0 amide bonds. The number of fused-ring (bicyclic) bond motifs is 2. The van der Waals surface area contributed by atoms with Crippen molar-refractivity contribution in [3.63, 3.8) is 0 Å². The van der Waals surface area contributed by atoms with E-state index in [1.807, 2.05) is 0 Å². The number of hydrogen-bond donors (Lipinski definition) is 0. The maximum atomic E-state index is 6.07. The molecule has 124 valence electrons. The monoisotopic (exact) mass is 383 g/mol. The fraction of sp³-hybridized carbons (Fsp3) is 0.333. The van der Waals surface area contributed by atoms with Gasteiger partial charge in [-0.2, -0.15) is 0 Å². The van der Waals surface area contributed by atoms with Gasteiger partial charge in [0.05, 0.1) is 0 Å². The van der Waals surface area contributed by atoms with E-state index in [-0.39, 0.29) is 0 Å². The van der Waals surface area contributed by atoms with E-state index in [0.29, 0.717) is 6.61 Å². The van der Waals surface area contributed by atoms with Gasteiger partial charge in [-0.3, -0.25) is 0 Å². The summed E-state index contributed by atoms with van der Waals surface area (Å²) >= 11 is 3.61. The summed E-state index contributed by atoms with van der Waals surface area (Å²) in [6, 6.07) is 14.9. The van der Waals surface area contributed by atoms with Crippen molar-refractivity contribution in [2.45, 2.75) is 25.9 Å². The zero-order chi connectivity index (χ0) is 16.4. The summed E-state index contributed by atoms with van der Waals surface area (Å²) in [6.45, 7) is 4.29. The predicted octanol–water partition coefficient (Wildman–Crippen LogP) is 5.26. The van der Waals surface area contributed by atoms with E-state index < -0.39 is 0 Å². The van der Waals surface area contributed by atoms with Gasteiger partial charge in [0.2, 0.25) is 0 Å². The van der Waals surface area contributed by atoms with E-state index in [4.69, 9.17) is 4.74 Å². The van der Waals surface area contributed by atoms with Crippen LogP contribution in [0.3, 0.4) is 0 Å². The lowest BCUT2D eigenvalue weighted by molar-refractivity contribution is 0.307. The Kier molecular flexibility index (Phi) is 4.72. The SMILES string of the molecule is Brc1ccc2c(c1)/C(=C\CCN1CCCC1)c1ccccc1CO2. The molecule has 2 aromatic rings. The summed E-state index contributed by atoms with van der Waals surface area (Å²) < 4.78 is 7.16. The highest BCUT2D eigenvalue weighted by Gasteiger charge is 2.19. The Morgan fingerprint density at radius 2 is 1.88 bits per heavy atom. The van der Waals surface area contributed by atoms with Crippen LogP contribution in [0.4, 0.5) is 0 Å². The minimum absolute atomic E-state index is 0.633. The summed E-state index contributed by atoms with van der Waals surface area (Å²) in [7, 11) is 0. The van der Waals surface area contributed by atoms with Crippen LogP contribution in [0.2, 0.25) is 0 Å². The summed E-state index contributed by atoms with van der Waals surface area (Å²) in [4.78, 5) is 2.57. The van der Waals surface area contributed by atoms with Crippen LogP contribution in [-0.4, -0.2) is 24.5 Å². The molecule has 2 nitrogen and oxygen atoms in total. The van der Waals surface area contributed by atoms with E-state index in [0.717, 1.165) is 23.2 Å². The smallest absolute Gasteiger partial charge is 0.127 e. The highest BCUT2D eigenvalue weighted by Crippen LogP contribution is 2.38. The quantitative estimate of drug-likeness (QED) is 0.716. The molecule has 2 aromatic carbocycles. The molecule has 4 rings (SSSR count). The van der Waals surface area contributed by atoms with Crippen LogP contribution in [0.5, 0.6) is 5.75 Å². The molecule has 0 N–H and O–H groups in total. The fourth-order valence-corrected chi connectivity index (χ4v) is 4.03. The van der Waals surface area contributed by atoms with Gasteiger partial charge in [-0.1, -0.05) is 46.3 Å². The van der Waals surface area contributed by atoms with Crippen molar-refractivity contribution in [1.29, 1.82) is 0 Å². The Morgan fingerprint density at radius 3 is 2.75 bits per heavy atom. The zero-order valence-corrected chi connectivity index (χ0v) is 15.4. The molecule has 0 aromatic heterocycles. The van der Waals surface area contributed by atoms with Crippen LogP contribution in [-0.2, 0) is 6.61 Å². The number of nitrogens with zero attached hydrogens (tertiary/aromatic N) is 1. The maximum Gasteiger partial charge on any atom is 0.127 e. The van der Waals surface area contributed by atoms with Crippen LogP contribution in [0, 0.1) is 0 Å². The van der Waals surface area contributed by atoms with E-state index >= 15 is 0 Å². The predicted molar refractivity (Wildman–Crippen MR) is 102 cm³/mol. The van der Waals surface area contributed by atoms with Gasteiger partial charge >= 0.3 is 0 Å². The van der Waals surface area contributed by atoms with Gasteiger partial charge in [-0.25, -0.2) is 0 Å². The molecule has 0 unspecified atom stereocenters. The van der Waals surface area contributed by atoms with Gasteiger partial charge in [-0.05, 0) is 67.3 Å². The number of rotatable bonds is 3. The third-order valence-corrected chi connectivity index (χ3v) is 5.41. The molecule has 2 aliphatic heterocycles. The molecule has 0 radical (unpaired) electrons. The molecule has 24 heavy (non-hydrogen) atoms. The van der Waals surface area contributed by atoms with Crippen molar-refractivity contribution in [1.82, 2.24) is 4.90 Å². The van der Waals surface area contributed by atoms with Crippen LogP contribution in [0.15, 0.2) is 53.0 Å². The molecule has 2 heterocycles. The zero-order valence-electron chi connectivity index (χ0n) is 13.8. The highest BCUT2D eigenvalue weighted by molar-refractivity contribution is 9.10. The highest BCUT2D eigenvalue weighted by atomic mass is 79.9. The lowest BCUT2D eigenvalue weighted by Gasteiger charge is -2.14. The van der Waals surface area contributed by atoms with Crippen molar-refractivity contribution in [3.8, 4) is 5.75 Å². The second-order valence-corrected chi connectivity index (χ2v) is 7.46. The van der Waals surface area contributed by atoms with E-state index in [2.05, 4.69) is 69.4 Å².